The fraction of sp³-hybridized carbons (Fsp3) is 0.0455. The number of anilines is 3. The Kier molecular flexibility index (Phi) is 4.53. The van der Waals surface area contributed by atoms with Crippen LogP contribution in [0.2, 0.25) is 0 Å². The molecule has 0 amide bonds. The second kappa shape index (κ2) is 7.49. The fourth-order valence-corrected chi connectivity index (χ4v) is 3.47. The van der Waals surface area contributed by atoms with Crippen molar-refractivity contribution >= 4 is 45.6 Å². The van der Waals surface area contributed by atoms with E-state index in [4.69, 9.17) is 27.4 Å². The Balaban J connectivity index is 1.28. The highest BCUT2D eigenvalue weighted by atomic mass is 32.1. The van der Waals surface area contributed by atoms with Gasteiger partial charge in [0.05, 0.1) is 5.52 Å². The molecule has 0 saturated carbocycles. The number of nitrogen functional groups attached to an aromatic ring is 1. The van der Waals surface area contributed by atoms with Gasteiger partial charge in [0.25, 0.3) is 0 Å². The third-order valence-corrected chi connectivity index (χ3v) is 4.91. The molecule has 0 aliphatic carbocycles. The zero-order valence-corrected chi connectivity index (χ0v) is 16.6. The van der Waals surface area contributed by atoms with Crippen LogP contribution in [0.5, 0.6) is 11.5 Å². The first-order valence-electron chi connectivity index (χ1n) is 9.24. The summed E-state index contributed by atoms with van der Waals surface area (Å²) in [6, 6.07) is 19.6. The number of aromatic nitrogens is 2. The van der Waals surface area contributed by atoms with Crippen molar-refractivity contribution in [1.29, 1.82) is 0 Å². The number of rotatable bonds is 3. The van der Waals surface area contributed by atoms with Crippen LogP contribution in [0.1, 0.15) is 0 Å². The van der Waals surface area contributed by atoms with Crippen molar-refractivity contribution in [3.05, 3.63) is 66.9 Å². The maximum Gasteiger partial charge on any atom is 0.231 e. The lowest BCUT2D eigenvalue weighted by atomic mass is 10.0. The summed E-state index contributed by atoms with van der Waals surface area (Å²) in [6.07, 6.45) is 1.72. The molecule has 148 valence electrons. The van der Waals surface area contributed by atoms with Crippen molar-refractivity contribution in [1.82, 2.24) is 9.97 Å². The van der Waals surface area contributed by atoms with Gasteiger partial charge in [0.15, 0.2) is 16.6 Å². The normalized spacial score (nSPS) is 12.0. The third-order valence-electron chi connectivity index (χ3n) is 4.71. The molecule has 1 aliphatic heterocycles. The molecule has 2 heterocycles. The van der Waals surface area contributed by atoms with Gasteiger partial charge in [-0.3, -0.25) is 0 Å². The quantitative estimate of drug-likeness (QED) is 0.424. The maximum atomic E-state index is 5.70. The van der Waals surface area contributed by atoms with Gasteiger partial charge in [0.2, 0.25) is 12.7 Å². The highest BCUT2D eigenvalue weighted by Gasteiger charge is 2.13. The fourth-order valence-electron chi connectivity index (χ4n) is 3.23. The van der Waals surface area contributed by atoms with Crippen molar-refractivity contribution in [2.45, 2.75) is 0 Å². The van der Waals surface area contributed by atoms with Crippen molar-refractivity contribution in [2.24, 2.45) is 0 Å². The standard InChI is InChI=1S/C22H17N5O2S/c23-21-24-11-15-2-1-14(9-18(15)27-21)13-3-5-16(6-4-13)25-22(30)26-17-7-8-19-20(10-17)29-12-28-19/h1-11H,12H2,(H2,23,24,27)(H2,25,26,30). The van der Waals surface area contributed by atoms with Crippen LogP contribution in [0.15, 0.2) is 66.9 Å². The molecule has 0 radical (unpaired) electrons. The zero-order valence-electron chi connectivity index (χ0n) is 15.8. The minimum atomic E-state index is 0.241. The van der Waals surface area contributed by atoms with Crippen LogP contribution in [-0.4, -0.2) is 21.9 Å². The average molecular weight is 415 g/mol. The molecule has 0 saturated heterocycles. The minimum Gasteiger partial charge on any atom is -0.454 e. The Morgan fingerprint density at radius 3 is 2.47 bits per heavy atom. The van der Waals surface area contributed by atoms with Gasteiger partial charge in [-0.25, -0.2) is 9.97 Å². The molecule has 8 heteroatoms. The summed E-state index contributed by atoms with van der Waals surface area (Å²) in [6.45, 7) is 0.241. The Labute approximate surface area is 177 Å². The second-order valence-corrected chi connectivity index (χ2v) is 7.13. The smallest absolute Gasteiger partial charge is 0.231 e. The number of hydrogen-bond donors (Lipinski definition) is 3. The monoisotopic (exact) mass is 415 g/mol. The van der Waals surface area contributed by atoms with Crippen molar-refractivity contribution in [2.75, 3.05) is 23.2 Å². The summed E-state index contributed by atoms with van der Waals surface area (Å²) in [7, 11) is 0. The lowest BCUT2D eigenvalue weighted by Gasteiger charge is -2.12. The molecule has 7 nitrogen and oxygen atoms in total. The van der Waals surface area contributed by atoms with E-state index in [-0.39, 0.29) is 12.7 Å². The van der Waals surface area contributed by atoms with Crippen molar-refractivity contribution < 1.29 is 9.47 Å². The summed E-state index contributed by atoms with van der Waals surface area (Å²) < 4.78 is 10.7. The highest BCUT2D eigenvalue weighted by molar-refractivity contribution is 7.80. The Hall–Kier alpha value is -3.91. The first kappa shape index (κ1) is 18.1. The zero-order chi connectivity index (χ0) is 20.5. The molecule has 30 heavy (non-hydrogen) atoms. The topological polar surface area (TPSA) is 94.3 Å². The molecule has 0 atom stereocenters. The number of thiocarbonyl (C=S) groups is 1. The van der Waals surface area contributed by atoms with Gasteiger partial charge in [0.1, 0.15) is 0 Å². The second-order valence-electron chi connectivity index (χ2n) is 6.73. The molecule has 0 bridgehead atoms. The van der Waals surface area contributed by atoms with Crippen LogP contribution in [0.25, 0.3) is 22.0 Å². The van der Waals surface area contributed by atoms with Crippen LogP contribution in [0, 0.1) is 0 Å². The largest absolute Gasteiger partial charge is 0.454 e. The van der Waals surface area contributed by atoms with Gasteiger partial charge in [0, 0.05) is 29.0 Å². The molecular weight excluding hydrogens is 398 g/mol. The number of fused-ring (bicyclic) bond motifs is 2. The number of hydrogen-bond acceptors (Lipinski definition) is 6. The molecule has 0 spiro atoms. The highest BCUT2D eigenvalue weighted by Crippen LogP contribution is 2.34. The van der Waals surface area contributed by atoms with Crippen LogP contribution in [-0.2, 0) is 0 Å². The lowest BCUT2D eigenvalue weighted by Crippen LogP contribution is -2.18. The number of ether oxygens (including phenoxy) is 2. The van der Waals surface area contributed by atoms with E-state index in [1.807, 2.05) is 60.7 Å². The molecule has 1 aliphatic rings. The number of nitrogens with one attached hydrogen (secondary N) is 2. The van der Waals surface area contributed by atoms with E-state index >= 15 is 0 Å². The minimum absolute atomic E-state index is 0.241. The van der Waals surface area contributed by atoms with Gasteiger partial charge >= 0.3 is 0 Å². The Morgan fingerprint density at radius 2 is 1.60 bits per heavy atom. The number of benzene rings is 3. The van der Waals surface area contributed by atoms with E-state index in [1.54, 1.807) is 6.20 Å². The van der Waals surface area contributed by atoms with Crippen LogP contribution in [0.3, 0.4) is 0 Å². The Bertz CT molecular complexity index is 1260. The SMILES string of the molecule is Nc1ncc2ccc(-c3ccc(NC(=S)Nc4ccc5c(c4)OCO5)cc3)cc2n1. The van der Waals surface area contributed by atoms with Crippen LogP contribution in [0.4, 0.5) is 17.3 Å². The summed E-state index contributed by atoms with van der Waals surface area (Å²) >= 11 is 5.42. The van der Waals surface area contributed by atoms with Gasteiger partial charge in [-0.2, -0.15) is 0 Å². The van der Waals surface area contributed by atoms with Gasteiger partial charge < -0.3 is 25.8 Å². The maximum absolute atomic E-state index is 5.70. The van der Waals surface area contributed by atoms with E-state index in [1.165, 1.54) is 0 Å². The molecule has 4 aromatic rings. The van der Waals surface area contributed by atoms with Crippen LogP contribution >= 0.6 is 12.2 Å². The lowest BCUT2D eigenvalue weighted by molar-refractivity contribution is 0.174. The molecule has 0 unspecified atom stereocenters. The first-order valence-corrected chi connectivity index (χ1v) is 9.65. The molecule has 3 aromatic carbocycles. The van der Waals surface area contributed by atoms with Crippen molar-refractivity contribution in [3.8, 4) is 22.6 Å². The van der Waals surface area contributed by atoms with Crippen molar-refractivity contribution in [3.63, 3.8) is 0 Å². The predicted octanol–water partition coefficient (Wildman–Crippen LogP) is 4.42. The molecule has 4 N–H and O–H groups in total. The molecule has 0 fully saturated rings. The number of nitrogens with two attached hydrogens (primary N) is 1. The van der Waals surface area contributed by atoms with E-state index in [0.29, 0.717) is 10.9 Å². The summed E-state index contributed by atoms with van der Waals surface area (Å²) in [5, 5.41) is 7.77. The van der Waals surface area contributed by atoms with Crippen LogP contribution < -0.4 is 25.8 Å². The predicted molar refractivity (Wildman–Crippen MR) is 122 cm³/mol. The average Bonchev–Trinajstić information content (AvgIpc) is 3.21. The number of nitrogens with zero attached hydrogens (tertiary/aromatic N) is 2. The van der Waals surface area contributed by atoms with E-state index in [9.17, 15) is 0 Å². The molecular formula is C22H17N5O2S. The third kappa shape index (κ3) is 3.68. The molecule has 1 aromatic heterocycles. The van der Waals surface area contributed by atoms with E-state index < -0.39 is 0 Å². The van der Waals surface area contributed by atoms with E-state index in [0.717, 1.165) is 39.2 Å². The Morgan fingerprint density at radius 1 is 0.867 bits per heavy atom. The first-order chi connectivity index (χ1) is 14.6. The summed E-state index contributed by atoms with van der Waals surface area (Å²) in [4.78, 5) is 8.32. The van der Waals surface area contributed by atoms with Gasteiger partial charge in [-0.1, -0.05) is 24.3 Å². The molecule has 5 rings (SSSR count). The van der Waals surface area contributed by atoms with Gasteiger partial charge in [-0.15, -0.1) is 0 Å². The summed E-state index contributed by atoms with van der Waals surface area (Å²) in [5.41, 5.74) is 10.3. The summed E-state index contributed by atoms with van der Waals surface area (Å²) in [5.74, 6) is 1.70. The van der Waals surface area contributed by atoms with Gasteiger partial charge in [-0.05, 0) is 53.7 Å². The van der Waals surface area contributed by atoms with E-state index in [2.05, 4.69) is 20.6 Å².